The summed E-state index contributed by atoms with van der Waals surface area (Å²) in [5, 5.41) is 15.8. The number of amides is 2. The molecule has 1 heterocycles. The molecule has 0 spiro atoms. The van der Waals surface area contributed by atoms with Gasteiger partial charge in [0, 0.05) is 17.0 Å². The molecule has 0 bridgehead atoms. The molecule has 1 aromatic heterocycles. The molecular formula is C28H38N2O6S. The van der Waals surface area contributed by atoms with Crippen molar-refractivity contribution in [1.82, 2.24) is 5.32 Å². The van der Waals surface area contributed by atoms with E-state index in [9.17, 15) is 19.5 Å². The van der Waals surface area contributed by atoms with Crippen molar-refractivity contribution in [3.05, 3.63) is 45.8 Å². The maximum atomic E-state index is 12.9. The molecule has 1 atom stereocenters. The smallest absolute Gasteiger partial charge is 0.407 e. The highest BCUT2D eigenvalue weighted by atomic mass is 32.1. The molecule has 202 valence electrons. The van der Waals surface area contributed by atoms with Gasteiger partial charge in [-0.1, -0.05) is 20.8 Å². The monoisotopic (exact) mass is 530 g/mol. The average molecular weight is 531 g/mol. The Balaban J connectivity index is 1.55. The summed E-state index contributed by atoms with van der Waals surface area (Å²) in [6.07, 6.45) is 2.62. The van der Waals surface area contributed by atoms with Crippen LogP contribution in [0.25, 0.3) is 0 Å². The van der Waals surface area contributed by atoms with Crippen LogP contribution in [0.1, 0.15) is 85.5 Å². The van der Waals surface area contributed by atoms with E-state index in [2.05, 4.69) is 31.4 Å². The van der Waals surface area contributed by atoms with E-state index < -0.39 is 17.7 Å². The number of benzene rings is 1. The van der Waals surface area contributed by atoms with Crippen LogP contribution >= 0.6 is 11.3 Å². The van der Waals surface area contributed by atoms with E-state index in [0.717, 1.165) is 23.3 Å². The van der Waals surface area contributed by atoms with E-state index in [-0.39, 0.29) is 16.9 Å². The molecule has 1 unspecified atom stereocenters. The van der Waals surface area contributed by atoms with E-state index in [1.54, 1.807) is 45.0 Å². The molecule has 1 aliphatic carbocycles. The summed E-state index contributed by atoms with van der Waals surface area (Å²) in [6, 6.07) is 6.68. The predicted octanol–water partition coefficient (Wildman–Crippen LogP) is 6.14. The first kappa shape index (κ1) is 28.5. The van der Waals surface area contributed by atoms with Crippen LogP contribution in [-0.4, -0.2) is 41.8 Å². The van der Waals surface area contributed by atoms with E-state index in [1.807, 2.05) is 0 Å². The van der Waals surface area contributed by atoms with Gasteiger partial charge >= 0.3 is 12.1 Å². The predicted molar refractivity (Wildman–Crippen MR) is 145 cm³/mol. The lowest BCUT2D eigenvalue weighted by molar-refractivity contribution is 0.0524. The number of carboxylic acids is 1. The Kier molecular flexibility index (Phi) is 8.89. The maximum Gasteiger partial charge on any atom is 0.407 e. The largest absolute Gasteiger partial charge is 0.494 e. The summed E-state index contributed by atoms with van der Waals surface area (Å²) < 4.78 is 10.9. The fourth-order valence-electron chi connectivity index (χ4n) is 4.28. The number of ether oxygens (including phenoxy) is 2. The van der Waals surface area contributed by atoms with Crippen LogP contribution in [-0.2, 0) is 17.6 Å². The van der Waals surface area contributed by atoms with Crippen molar-refractivity contribution in [3.8, 4) is 5.75 Å². The fourth-order valence-corrected chi connectivity index (χ4v) is 5.60. The summed E-state index contributed by atoms with van der Waals surface area (Å²) in [6.45, 7) is 12.9. The lowest BCUT2D eigenvalue weighted by Crippen LogP contribution is -2.33. The Bertz CT molecular complexity index is 1130. The number of hydrogen-bond donors (Lipinski definition) is 3. The minimum Gasteiger partial charge on any atom is -0.494 e. The van der Waals surface area contributed by atoms with Crippen molar-refractivity contribution in [2.24, 2.45) is 11.3 Å². The van der Waals surface area contributed by atoms with Gasteiger partial charge in [0.2, 0.25) is 0 Å². The molecule has 0 fully saturated rings. The zero-order valence-corrected chi connectivity index (χ0v) is 23.3. The van der Waals surface area contributed by atoms with E-state index in [4.69, 9.17) is 9.47 Å². The minimum atomic E-state index is -1.01. The van der Waals surface area contributed by atoms with Gasteiger partial charge in [-0.05, 0) is 87.6 Å². The van der Waals surface area contributed by atoms with E-state index >= 15 is 0 Å². The van der Waals surface area contributed by atoms with Crippen molar-refractivity contribution in [3.63, 3.8) is 0 Å². The summed E-state index contributed by atoms with van der Waals surface area (Å²) in [4.78, 5) is 37.7. The Morgan fingerprint density at radius 2 is 1.76 bits per heavy atom. The number of nitrogens with one attached hydrogen (secondary N) is 2. The van der Waals surface area contributed by atoms with Gasteiger partial charge in [-0.3, -0.25) is 4.79 Å². The van der Waals surface area contributed by atoms with Crippen LogP contribution in [0.5, 0.6) is 5.75 Å². The number of carbonyl (C=O) groups excluding carboxylic acids is 2. The zero-order valence-electron chi connectivity index (χ0n) is 22.5. The molecule has 0 aliphatic heterocycles. The number of thiophene rings is 1. The lowest BCUT2D eigenvalue weighted by Gasteiger charge is -2.33. The Morgan fingerprint density at radius 1 is 1.08 bits per heavy atom. The Labute approximate surface area is 222 Å². The van der Waals surface area contributed by atoms with E-state index in [0.29, 0.717) is 48.2 Å². The summed E-state index contributed by atoms with van der Waals surface area (Å²) >= 11 is 1.38. The summed E-state index contributed by atoms with van der Waals surface area (Å²) in [5.41, 5.74) is 1.10. The van der Waals surface area contributed by atoms with Gasteiger partial charge in [0.05, 0.1) is 12.2 Å². The number of alkyl carbamates (subject to hydrolysis) is 1. The second-order valence-corrected chi connectivity index (χ2v) is 12.5. The maximum absolute atomic E-state index is 12.9. The van der Waals surface area contributed by atoms with Crippen LogP contribution in [0.3, 0.4) is 0 Å². The standard InChI is InChI=1S/C28H38N2O6S/c1-27(2,3)18-10-13-20-21(16-18)37-24(22(20)25(32)33)30-23(31)17-8-11-19(12-9-17)35-15-7-14-29-26(34)36-28(4,5)6/h8-9,11-12,18H,7,10,13-16H2,1-6H3,(H,29,34)(H,30,31)(H,32,33). The lowest BCUT2D eigenvalue weighted by atomic mass is 9.72. The van der Waals surface area contributed by atoms with Crippen LogP contribution in [0.2, 0.25) is 0 Å². The molecule has 37 heavy (non-hydrogen) atoms. The number of carboxylic acid groups (broad SMARTS) is 1. The number of hydrogen-bond acceptors (Lipinski definition) is 6. The molecule has 1 aliphatic rings. The molecule has 3 N–H and O–H groups in total. The van der Waals surface area contributed by atoms with Gasteiger partial charge in [-0.15, -0.1) is 11.3 Å². The third-order valence-electron chi connectivity index (χ3n) is 6.31. The van der Waals surface area contributed by atoms with Crippen molar-refractivity contribution in [2.45, 2.75) is 72.8 Å². The van der Waals surface area contributed by atoms with Crippen molar-refractivity contribution < 1.29 is 29.0 Å². The van der Waals surface area contributed by atoms with E-state index in [1.165, 1.54) is 11.3 Å². The second-order valence-electron chi connectivity index (χ2n) is 11.4. The van der Waals surface area contributed by atoms with Crippen molar-refractivity contribution in [2.75, 3.05) is 18.5 Å². The minimum absolute atomic E-state index is 0.146. The van der Waals surface area contributed by atoms with Crippen LogP contribution in [0.15, 0.2) is 24.3 Å². The van der Waals surface area contributed by atoms with Gasteiger partial charge in [-0.2, -0.15) is 0 Å². The molecule has 2 aromatic rings. The quantitative estimate of drug-likeness (QED) is 0.353. The van der Waals surface area contributed by atoms with Gasteiger partial charge in [0.1, 0.15) is 16.4 Å². The second kappa shape index (κ2) is 11.5. The Morgan fingerprint density at radius 3 is 2.35 bits per heavy atom. The molecule has 8 nitrogen and oxygen atoms in total. The Hall–Kier alpha value is -3.07. The van der Waals surface area contributed by atoms with Crippen LogP contribution in [0, 0.1) is 11.3 Å². The van der Waals surface area contributed by atoms with Gasteiger partial charge < -0.3 is 25.2 Å². The highest BCUT2D eigenvalue weighted by Gasteiger charge is 2.34. The number of anilines is 1. The molecule has 0 saturated heterocycles. The van der Waals surface area contributed by atoms with Crippen LogP contribution < -0.4 is 15.4 Å². The number of carbonyl (C=O) groups is 3. The van der Waals surface area contributed by atoms with Crippen LogP contribution in [0.4, 0.5) is 9.80 Å². The van der Waals surface area contributed by atoms with Gasteiger partial charge in [0.25, 0.3) is 5.91 Å². The van der Waals surface area contributed by atoms with Gasteiger partial charge in [0.15, 0.2) is 0 Å². The number of fused-ring (bicyclic) bond motifs is 1. The first-order valence-corrected chi connectivity index (χ1v) is 13.4. The summed E-state index contributed by atoms with van der Waals surface area (Å²) in [7, 11) is 0. The third-order valence-corrected chi connectivity index (χ3v) is 7.48. The molecule has 9 heteroatoms. The average Bonchev–Trinajstić information content (AvgIpc) is 3.14. The molecule has 0 radical (unpaired) electrons. The first-order chi connectivity index (χ1) is 17.2. The molecule has 3 rings (SSSR count). The highest BCUT2D eigenvalue weighted by molar-refractivity contribution is 7.17. The number of aromatic carboxylic acids is 1. The molecule has 0 saturated carbocycles. The topological polar surface area (TPSA) is 114 Å². The fraction of sp³-hybridized carbons (Fsp3) is 0.536. The van der Waals surface area contributed by atoms with Crippen molar-refractivity contribution in [1.29, 1.82) is 0 Å². The number of rotatable bonds is 8. The highest BCUT2D eigenvalue weighted by Crippen LogP contribution is 2.44. The van der Waals surface area contributed by atoms with Crippen molar-refractivity contribution >= 4 is 34.3 Å². The first-order valence-electron chi connectivity index (χ1n) is 12.6. The normalized spacial score (nSPS) is 15.5. The molecular weight excluding hydrogens is 492 g/mol. The zero-order chi connectivity index (χ0) is 27.4. The third kappa shape index (κ3) is 7.95. The summed E-state index contributed by atoms with van der Waals surface area (Å²) in [5.74, 6) is -0.294. The molecule has 1 aromatic carbocycles. The SMILES string of the molecule is CC(C)(C)OC(=O)NCCCOc1ccc(C(=O)Nc2sc3c(c2C(=O)O)CCC(C(C)(C)C)C3)cc1. The molecule has 2 amide bonds. The van der Waals surface area contributed by atoms with Gasteiger partial charge in [-0.25, -0.2) is 9.59 Å².